The molecule has 1 heterocycles. The second kappa shape index (κ2) is 4.01. The topological polar surface area (TPSA) is 87.5 Å². The highest BCUT2D eigenvalue weighted by molar-refractivity contribution is 9.11. The van der Waals surface area contributed by atoms with Crippen LogP contribution >= 0.6 is 15.9 Å². The van der Waals surface area contributed by atoms with Gasteiger partial charge in [0.2, 0.25) is 0 Å². The number of nitrogens with zero attached hydrogens (tertiary/aromatic N) is 3. The van der Waals surface area contributed by atoms with Gasteiger partial charge >= 0.3 is 0 Å². The van der Waals surface area contributed by atoms with E-state index in [2.05, 4.69) is 26.0 Å². The quantitative estimate of drug-likeness (QED) is 0.454. The van der Waals surface area contributed by atoms with Gasteiger partial charge in [-0.25, -0.2) is 0 Å². The van der Waals surface area contributed by atoms with Gasteiger partial charge in [-0.3, -0.25) is 0 Å². The van der Waals surface area contributed by atoms with Crippen LogP contribution in [0, 0.1) is 0 Å². The minimum Gasteiger partial charge on any atom is -0.390 e. The number of azide groups is 1. The highest BCUT2D eigenvalue weighted by Crippen LogP contribution is 2.40. The molecule has 16 heavy (non-hydrogen) atoms. The lowest BCUT2D eigenvalue weighted by atomic mass is 9.95. The number of ether oxygens (including phenoxy) is 2. The van der Waals surface area contributed by atoms with E-state index in [1.54, 1.807) is 19.9 Å². The van der Waals surface area contributed by atoms with E-state index in [-0.39, 0.29) is 6.10 Å². The van der Waals surface area contributed by atoms with Crippen molar-refractivity contribution >= 4 is 15.9 Å². The van der Waals surface area contributed by atoms with E-state index in [0.29, 0.717) is 0 Å². The highest BCUT2D eigenvalue weighted by atomic mass is 79.9. The molecule has 0 aromatic carbocycles. The Bertz CT molecular complexity index is 378. The SMILES string of the molecule is CC1(C)OC2C(Br)=C[C@H](N=[N+]=[N-])[C@@H](O)[C@@H]2O1. The summed E-state index contributed by atoms with van der Waals surface area (Å²) in [6, 6.07) is -0.627. The fourth-order valence-corrected chi connectivity index (χ4v) is 2.59. The Hall–Kier alpha value is -0.590. The van der Waals surface area contributed by atoms with Gasteiger partial charge in [0.15, 0.2) is 5.79 Å². The molecule has 88 valence electrons. The predicted molar refractivity (Wildman–Crippen MR) is 59.8 cm³/mol. The number of hydrogen-bond donors (Lipinski definition) is 1. The molecule has 1 saturated heterocycles. The molecule has 0 radical (unpaired) electrons. The zero-order valence-corrected chi connectivity index (χ0v) is 10.5. The molecule has 1 unspecified atom stereocenters. The van der Waals surface area contributed by atoms with Crippen LogP contribution in [0.3, 0.4) is 0 Å². The zero-order chi connectivity index (χ0) is 11.9. The largest absolute Gasteiger partial charge is 0.390 e. The maximum absolute atomic E-state index is 9.98. The first kappa shape index (κ1) is 11.9. The summed E-state index contributed by atoms with van der Waals surface area (Å²) in [6.45, 7) is 3.56. The van der Waals surface area contributed by atoms with Gasteiger partial charge in [-0.2, -0.15) is 0 Å². The first-order valence-electron chi connectivity index (χ1n) is 4.90. The highest BCUT2D eigenvalue weighted by Gasteiger charge is 2.50. The summed E-state index contributed by atoms with van der Waals surface area (Å²) in [4.78, 5) is 2.70. The van der Waals surface area contributed by atoms with E-state index in [0.717, 1.165) is 4.48 Å². The minimum atomic E-state index is -0.885. The second-order valence-corrected chi connectivity index (χ2v) is 5.17. The molecule has 2 rings (SSSR count). The summed E-state index contributed by atoms with van der Waals surface area (Å²) in [7, 11) is 0. The number of aliphatic hydroxyl groups excluding tert-OH is 1. The molecule has 0 aromatic rings. The Labute approximate surface area is 101 Å². The third kappa shape index (κ3) is 1.97. The number of rotatable bonds is 1. The third-order valence-electron chi connectivity index (χ3n) is 2.60. The van der Waals surface area contributed by atoms with Crippen LogP contribution in [0.1, 0.15) is 13.8 Å². The van der Waals surface area contributed by atoms with Crippen molar-refractivity contribution in [2.24, 2.45) is 5.11 Å². The van der Waals surface area contributed by atoms with Crippen molar-refractivity contribution in [2.45, 2.75) is 44.0 Å². The van der Waals surface area contributed by atoms with Crippen LogP contribution in [-0.2, 0) is 9.47 Å². The Balaban J connectivity index is 2.30. The lowest BCUT2D eigenvalue weighted by Crippen LogP contribution is -2.45. The van der Waals surface area contributed by atoms with Gasteiger partial charge in [-0.15, -0.1) is 0 Å². The van der Waals surface area contributed by atoms with Crippen molar-refractivity contribution in [2.75, 3.05) is 0 Å². The Morgan fingerprint density at radius 3 is 2.88 bits per heavy atom. The molecule has 1 aliphatic carbocycles. The van der Waals surface area contributed by atoms with Crippen LogP contribution in [0.2, 0.25) is 0 Å². The maximum Gasteiger partial charge on any atom is 0.164 e. The van der Waals surface area contributed by atoms with E-state index in [1.807, 2.05) is 0 Å². The molecule has 0 spiro atoms. The van der Waals surface area contributed by atoms with E-state index in [1.165, 1.54) is 0 Å². The first-order chi connectivity index (χ1) is 7.44. The summed E-state index contributed by atoms with van der Waals surface area (Å²) in [5, 5.41) is 13.5. The molecular formula is C9H12BrN3O3. The summed E-state index contributed by atoms with van der Waals surface area (Å²) < 4.78 is 12.0. The van der Waals surface area contributed by atoms with Gasteiger partial charge in [-0.1, -0.05) is 27.1 Å². The molecule has 0 saturated carbocycles. The van der Waals surface area contributed by atoms with Gasteiger partial charge in [0.1, 0.15) is 12.2 Å². The molecule has 7 heteroatoms. The average Bonchev–Trinajstić information content (AvgIpc) is 2.51. The standard InChI is InChI=1S/C9H12BrN3O3/c1-9(2)15-7-4(10)3-5(12-13-11)6(14)8(7)16-9/h3,5-8,14H,1-2H3/t5-,6+,7?,8-/m0/s1. The van der Waals surface area contributed by atoms with Crippen molar-refractivity contribution in [3.8, 4) is 0 Å². The summed E-state index contributed by atoms with van der Waals surface area (Å²) in [5.41, 5.74) is 8.40. The smallest absolute Gasteiger partial charge is 0.164 e. The zero-order valence-electron chi connectivity index (χ0n) is 8.87. The normalized spacial score (nSPS) is 40.9. The molecule has 2 aliphatic rings. The molecule has 1 fully saturated rings. The molecular weight excluding hydrogens is 278 g/mol. The predicted octanol–water partition coefficient (Wildman–Crippen LogP) is 1.84. The van der Waals surface area contributed by atoms with E-state index in [9.17, 15) is 5.11 Å². The molecule has 0 aromatic heterocycles. The number of hydrogen-bond acceptors (Lipinski definition) is 4. The van der Waals surface area contributed by atoms with Gasteiger partial charge < -0.3 is 14.6 Å². The Morgan fingerprint density at radius 1 is 1.56 bits per heavy atom. The van der Waals surface area contributed by atoms with Crippen LogP contribution < -0.4 is 0 Å². The maximum atomic E-state index is 9.98. The third-order valence-corrected chi connectivity index (χ3v) is 3.32. The number of aliphatic hydroxyl groups is 1. The fraction of sp³-hybridized carbons (Fsp3) is 0.778. The molecule has 4 atom stereocenters. The Kier molecular flexibility index (Phi) is 2.98. The van der Waals surface area contributed by atoms with Crippen molar-refractivity contribution in [1.29, 1.82) is 0 Å². The molecule has 0 amide bonds. The van der Waals surface area contributed by atoms with Crippen LogP contribution in [-0.4, -0.2) is 35.2 Å². The lowest BCUT2D eigenvalue weighted by molar-refractivity contribution is -0.153. The Morgan fingerprint density at radius 2 is 2.25 bits per heavy atom. The second-order valence-electron chi connectivity index (χ2n) is 4.26. The molecule has 0 bridgehead atoms. The van der Waals surface area contributed by atoms with Gasteiger partial charge in [-0.05, 0) is 19.4 Å². The summed E-state index contributed by atoms with van der Waals surface area (Å²) in [5.74, 6) is -0.742. The minimum absolute atomic E-state index is 0.338. The fourth-order valence-electron chi connectivity index (χ4n) is 1.96. The summed E-state index contributed by atoms with van der Waals surface area (Å²) >= 11 is 3.35. The number of fused-ring (bicyclic) bond motifs is 1. The monoisotopic (exact) mass is 289 g/mol. The molecule has 1 N–H and O–H groups in total. The van der Waals surface area contributed by atoms with Crippen LogP contribution in [0.4, 0.5) is 0 Å². The van der Waals surface area contributed by atoms with Crippen molar-refractivity contribution in [1.82, 2.24) is 0 Å². The van der Waals surface area contributed by atoms with Crippen molar-refractivity contribution in [3.05, 3.63) is 21.0 Å². The van der Waals surface area contributed by atoms with E-state index in [4.69, 9.17) is 15.0 Å². The van der Waals surface area contributed by atoms with Crippen LogP contribution in [0.25, 0.3) is 10.4 Å². The average molecular weight is 290 g/mol. The van der Waals surface area contributed by atoms with E-state index < -0.39 is 24.0 Å². The van der Waals surface area contributed by atoms with Crippen LogP contribution in [0.5, 0.6) is 0 Å². The van der Waals surface area contributed by atoms with Crippen molar-refractivity contribution in [3.63, 3.8) is 0 Å². The van der Waals surface area contributed by atoms with Gasteiger partial charge in [0, 0.05) is 9.39 Å². The van der Waals surface area contributed by atoms with Crippen LogP contribution in [0.15, 0.2) is 15.7 Å². The number of halogens is 1. The van der Waals surface area contributed by atoms with Gasteiger partial charge in [0.25, 0.3) is 0 Å². The molecule has 1 aliphatic heterocycles. The summed E-state index contributed by atoms with van der Waals surface area (Å²) in [6.07, 6.45) is -0.0833. The molecule has 6 nitrogen and oxygen atoms in total. The van der Waals surface area contributed by atoms with Crippen molar-refractivity contribution < 1.29 is 14.6 Å². The first-order valence-corrected chi connectivity index (χ1v) is 5.69. The lowest BCUT2D eigenvalue weighted by Gasteiger charge is -2.29. The van der Waals surface area contributed by atoms with E-state index >= 15 is 0 Å². The van der Waals surface area contributed by atoms with Gasteiger partial charge in [0.05, 0.1) is 12.1 Å².